The third kappa shape index (κ3) is 2.66. The van der Waals surface area contributed by atoms with Crippen molar-refractivity contribution in [2.45, 2.75) is 38.6 Å². The van der Waals surface area contributed by atoms with E-state index in [0.29, 0.717) is 0 Å². The Labute approximate surface area is 115 Å². The van der Waals surface area contributed by atoms with Gasteiger partial charge < -0.3 is 4.74 Å². The number of ketones is 1. The van der Waals surface area contributed by atoms with Gasteiger partial charge >= 0.3 is 0 Å². The van der Waals surface area contributed by atoms with Crippen molar-refractivity contribution in [2.75, 3.05) is 20.2 Å². The topological polar surface area (TPSA) is 29.5 Å². The van der Waals surface area contributed by atoms with Crippen molar-refractivity contribution in [3.8, 4) is 5.75 Å². The molecule has 104 valence electrons. The zero-order chi connectivity index (χ0) is 13.9. The molecule has 0 saturated carbocycles. The Kier molecular flexibility index (Phi) is 4.25. The van der Waals surface area contributed by atoms with Crippen LogP contribution in [-0.4, -0.2) is 36.4 Å². The first-order valence-corrected chi connectivity index (χ1v) is 7.05. The van der Waals surface area contributed by atoms with Gasteiger partial charge in [-0.3, -0.25) is 9.69 Å². The van der Waals surface area contributed by atoms with Gasteiger partial charge in [0, 0.05) is 5.56 Å². The number of methoxy groups -OCH3 is 1. The molecular formula is C16H23NO2. The van der Waals surface area contributed by atoms with Crippen molar-refractivity contribution >= 4 is 5.78 Å². The van der Waals surface area contributed by atoms with Gasteiger partial charge in [0.1, 0.15) is 5.75 Å². The van der Waals surface area contributed by atoms with Crippen LogP contribution in [0.15, 0.2) is 24.3 Å². The molecule has 0 radical (unpaired) electrons. The number of ether oxygens (including phenoxy) is 1. The second-order valence-corrected chi connectivity index (χ2v) is 5.38. The minimum atomic E-state index is -0.370. The van der Waals surface area contributed by atoms with Crippen molar-refractivity contribution in [2.24, 2.45) is 0 Å². The first-order valence-electron chi connectivity index (χ1n) is 7.05. The van der Waals surface area contributed by atoms with E-state index in [1.165, 1.54) is 12.8 Å². The third-order valence-corrected chi connectivity index (χ3v) is 4.33. The predicted molar refractivity (Wildman–Crippen MR) is 76.8 cm³/mol. The second-order valence-electron chi connectivity index (χ2n) is 5.38. The number of carbonyl (C=O) groups excluding carboxylic acids is 1. The van der Waals surface area contributed by atoms with E-state index >= 15 is 0 Å². The lowest BCUT2D eigenvalue weighted by Crippen LogP contribution is -2.50. The van der Waals surface area contributed by atoms with Crippen LogP contribution in [0.2, 0.25) is 0 Å². The van der Waals surface area contributed by atoms with Crippen molar-refractivity contribution in [1.82, 2.24) is 4.90 Å². The van der Waals surface area contributed by atoms with E-state index in [4.69, 9.17) is 4.74 Å². The van der Waals surface area contributed by atoms with E-state index < -0.39 is 0 Å². The molecule has 1 fully saturated rings. The predicted octanol–water partition coefficient (Wildman–Crippen LogP) is 3.14. The highest BCUT2D eigenvalue weighted by atomic mass is 16.5. The fourth-order valence-corrected chi connectivity index (χ4v) is 2.79. The van der Waals surface area contributed by atoms with Crippen LogP contribution < -0.4 is 4.74 Å². The summed E-state index contributed by atoms with van der Waals surface area (Å²) in [6.07, 6.45) is 3.24. The van der Waals surface area contributed by atoms with Crippen molar-refractivity contribution in [3.63, 3.8) is 0 Å². The summed E-state index contributed by atoms with van der Waals surface area (Å²) >= 11 is 0. The maximum absolute atomic E-state index is 12.8. The number of carbonyl (C=O) groups is 1. The molecule has 3 nitrogen and oxygen atoms in total. The van der Waals surface area contributed by atoms with Crippen molar-refractivity contribution < 1.29 is 9.53 Å². The number of benzene rings is 1. The summed E-state index contributed by atoms with van der Waals surface area (Å²) in [4.78, 5) is 15.1. The fourth-order valence-electron chi connectivity index (χ4n) is 2.79. The summed E-state index contributed by atoms with van der Waals surface area (Å²) < 4.78 is 5.14. The lowest BCUT2D eigenvalue weighted by Gasteiger charge is -2.36. The minimum absolute atomic E-state index is 0.222. The van der Waals surface area contributed by atoms with Crippen LogP contribution in [0.4, 0.5) is 0 Å². The molecule has 3 heteroatoms. The SMILES string of the molecule is CCC(C)(C(=O)c1ccc(OC)cc1)N1CCCC1. The Hall–Kier alpha value is -1.35. The van der Waals surface area contributed by atoms with Gasteiger partial charge in [-0.25, -0.2) is 0 Å². The van der Waals surface area contributed by atoms with Gasteiger partial charge in [-0.15, -0.1) is 0 Å². The van der Waals surface area contributed by atoms with E-state index in [1.807, 2.05) is 24.3 Å². The van der Waals surface area contributed by atoms with Crippen molar-refractivity contribution in [3.05, 3.63) is 29.8 Å². The first-order chi connectivity index (χ1) is 9.11. The van der Waals surface area contributed by atoms with Gasteiger partial charge in [-0.05, 0) is 63.5 Å². The van der Waals surface area contributed by atoms with Crippen LogP contribution in [0.3, 0.4) is 0 Å². The molecule has 1 saturated heterocycles. The Balaban J connectivity index is 2.23. The van der Waals surface area contributed by atoms with Crippen LogP contribution in [0.5, 0.6) is 5.75 Å². The van der Waals surface area contributed by atoms with Crippen LogP contribution in [0.1, 0.15) is 43.5 Å². The molecule has 0 N–H and O–H groups in total. The molecule has 1 aromatic rings. The van der Waals surface area contributed by atoms with Gasteiger partial charge in [-0.2, -0.15) is 0 Å². The molecule has 0 aliphatic carbocycles. The van der Waals surface area contributed by atoms with Gasteiger partial charge in [0.2, 0.25) is 0 Å². The Morgan fingerprint density at radius 3 is 2.32 bits per heavy atom. The molecule has 0 spiro atoms. The van der Waals surface area contributed by atoms with E-state index in [1.54, 1.807) is 7.11 Å². The normalized spacial score (nSPS) is 19.1. The molecule has 1 aliphatic rings. The van der Waals surface area contributed by atoms with Crippen molar-refractivity contribution in [1.29, 1.82) is 0 Å². The average molecular weight is 261 g/mol. The van der Waals surface area contributed by atoms with E-state index in [9.17, 15) is 4.79 Å². The maximum Gasteiger partial charge on any atom is 0.182 e. The average Bonchev–Trinajstić information content (AvgIpc) is 3.00. The van der Waals surface area contributed by atoms with Crippen LogP contribution in [0.25, 0.3) is 0 Å². The fraction of sp³-hybridized carbons (Fsp3) is 0.562. The molecule has 1 aliphatic heterocycles. The highest BCUT2D eigenvalue weighted by molar-refractivity contribution is 6.03. The van der Waals surface area contributed by atoms with E-state index in [-0.39, 0.29) is 11.3 Å². The zero-order valence-corrected chi connectivity index (χ0v) is 12.1. The van der Waals surface area contributed by atoms with Crippen LogP contribution in [-0.2, 0) is 0 Å². The molecule has 1 atom stereocenters. The number of likely N-dealkylation sites (tertiary alicyclic amines) is 1. The first kappa shape index (κ1) is 14.1. The summed E-state index contributed by atoms with van der Waals surface area (Å²) in [6, 6.07) is 7.44. The number of Topliss-reactive ketones (excluding diaryl/α,β-unsaturated/α-hetero) is 1. The quantitative estimate of drug-likeness (QED) is 0.763. The van der Waals surface area contributed by atoms with E-state index in [0.717, 1.165) is 30.8 Å². The molecule has 1 heterocycles. The van der Waals surface area contributed by atoms with Gasteiger partial charge in [0.05, 0.1) is 12.6 Å². The molecule has 1 unspecified atom stereocenters. The maximum atomic E-state index is 12.8. The second kappa shape index (κ2) is 5.74. The highest BCUT2D eigenvalue weighted by Gasteiger charge is 2.39. The zero-order valence-electron chi connectivity index (χ0n) is 12.1. The number of nitrogens with zero attached hydrogens (tertiary/aromatic N) is 1. The molecule has 2 rings (SSSR count). The highest BCUT2D eigenvalue weighted by Crippen LogP contribution is 2.28. The van der Waals surface area contributed by atoms with Gasteiger partial charge in [0.15, 0.2) is 5.78 Å². The standard InChI is InChI=1S/C16H23NO2/c1-4-16(2,17-11-5-6-12-17)15(18)13-7-9-14(19-3)10-8-13/h7-10H,4-6,11-12H2,1-3H3. The molecule has 0 bridgehead atoms. The summed E-state index contributed by atoms with van der Waals surface area (Å²) in [7, 11) is 1.64. The third-order valence-electron chi connectivity index (χ3n) is 4.33. The number of hydrogen-bond donors (Lipinski definition) is 0. The molecule has 19 heavy (non-hydrogen) atoms. The Morgan fingerprint density at radius 1 is 1.26 bits per heavy atom. The lowest BCUT2D eigenvalue weighted by molar-refractivity contribution is 0.0647. The Morgan fingerprint density at radius 2 is 1.84 bits per heavy atom. The molecule has 0 amide bonds. The smallest absolute Gasteiger partial charge is 0.182 e. The number of rotatable bonds is 5. The van der Waals surface area contributed by atoms with Crippen LogP contribution in [0, 0.1) is 0 Å². The minimum Gasteiger partial charge on any atom is -0.497 e. The summed E-state index contributed by atoms with van der Waals surface area (Å²) in [5.74, 6) is 1.01. The molecule has 0 aromatic heterocycles. The Bertz CT molecular complexity index is 435. The summed E-state index contributed by atoms with van der Waals surface area (Å²) in [5.41, 5.74) is 0.405. The summed E-state index contributed by atoms with van der Waals surface area (Å²) in [5, 5.41) is 0. The van der Waals surface area contributed by atoms with Gasteiger partial charge in [0.25, 0.3) is 0 Å². The van der Waals surface area contributed by atoms with E-state index in [2.05, 4.69) is 18.7 Å². The lowest BCUT2D eigenvalue weighted by atomic mass is 9.87. The van der Waals surface area contributed by atoms with Gasteiger partial charge in [-0.1, -0.05) is 6.92 Å². The molecular weight excluding hydrogens is 238 g/mol. The summed E-state index contributed by atoms with van der Waals surface area (Å²) in [6.45, 7) is 6.24. The number of hydrogen-bond acceptors (Lipinski definition) is 3. The molecule has 1 aromatic carbocycles. The largest absolute Gasteiger partial charge is 0.497 e. The van der Waals surface area contributed by atoms with Crippen LogP contribution >= 0.6 is 0 Å². The monoisotopic (exact) mass is 261 g/mol.